The molecule has 4 nitrogen and oxygen atoms in total. The zero-order chi connectivity index (χ0) is 14.3. The van der Waals surface area contributed by atoms with Gasteiger partial charge in [0, 0.05) is 0 Å². The highest BCUT2D eigenvalue weighted by Crippen LogP contribution is 2.30. The van der Waals surface area contributed by atoms with Gasteiger partial charge in [-0.2, -0.15) is 0 Å². The van der Waals surface area contributed by atoms with Crippen LogP contribution in [0.3, 0.4) is 0 Å². The average Bonchev–Trinajstić information content (AvgIpc) is 2.76. The van der Waals surface area contributed by atoms with Crippen LogP contribution in [0.25, 0.3) is 16.7 Å². The SMILES string of the molecule is COc1ccc(-n2c(N)nc3c(C)cccc32)cc1Br. The molecule has 0 aliphatic carbocycles. The van der Waals surface area contributed by atoms with E-state index in [9.17, 15) is 0 Å². The van der Waals surface area contributed by atoms with E-state index < -0.39 is 0 Å². The van der Waals surface area contributed by atoms with Crippen LogP contribution in [0.4, 0.5) is 5.95 Å². The molecule has 1 aromatic heterocycles. The maximum Gasteiger partial charge on any atom is 0.205 e. The minimum atomic E-state index is 0.478. The third kappa shape index (κ3) is 1.94. The Kier molecular flexibility index (Phi) is 3.14. The molecule has 0 aliphatic rings. The molecule has 0 unspecified atom stereocenters. The van der Waals surface area contributed by atoms with Gasteiger partial charge >= 0.3 is 0 Å². The van der Waals surface area contributed by atoms with Crippen LogP contribution in [0, 0.1) is 6.92 Å². The maximum atomic E-state index is 6.08. The number of para-hydroxylation sites is 1. The number of nitrogen functional groups attached to an aromatic ring is 1. The summed E-state index contributed by atoms with van der Waals surface area (Å²) in [5, 5.41) is 0. The number of aromatic nitrogens is 2. The Balaban J connectivity index is 2.27. The number of aryl methyl sites for hydroxylation is 1. The third-order valence-corrected chi connectivity index (χ3v) is 3.93. The zero-order valence-corrected chi connectivity index (χ0v) is 12.8. The highest BCUT2D eigenvalue weighted by Gasteiger charge is 2.12. The molecule has 0 fully saturated rings. The van der Waals surface area contributed by atoms with Gasteiger partial charge in [0.25, 0.3) is 0 Å². The standard InChI is InChI=1S/C15H14BrN3O/c1-9-4-3-5-12-14(9)18-15(17)19(12)10-6-7-13(20-2)11(16)8-10/h3-8H,1-2H3,(H2,17,18). The summed E-state index contributed by atoms with van der Waals surface area (Å²) in [5.41, 5.74) is 10.1. The number of halogens is 1. The van der Waals surface area contributed by atoms with Gasteiger partial charge in [-0.15, -0.1) is 0 Å². The Bertz CT molecular complexity index is 795. The summed E-state index contributed by atoms with van der Waals surface area (Å²) in [4.78, 5) is 4.46. The number of fused-ring (bicyclic) bond motifs is 1. The highest BCUT2D eigenvalue weighted by atomic mass is 79.9. The molecule has 0 saturated carbocycles. The smallest absolute Gasteiger partial charge is 0.205 e. The first-order valence-corrected chi connectivity index (χ1v) is 6.98. The Morgan fingerprint density at radius 1 is 1.25 bits per heavy atom. The number of ether oxygens (including phenoxy) is 1. The molecule has 0 saturated heterocycles. The Labute approximate surface area is 125 Å². The van der Waals surface area contributed by atoms with Crippen molar-refractivity contribution < 1.29 is 4.74 Å². The topological polar surface area (TPSA) is 53.1 Å². The second-order valence-electron chi connectivity index (χ2n) is 4.57. The molecule has 20 heavy (non-hydrogen) atoms. The monoisotopic (exact) mass is 331 g/mol. The van der Waals surface area contributed by atoms with E-state index in [1.807, 2.05) is 47.9 Å². The molecule has 0 bridgehead atoms. The summed E-state index contributed by atoms with van der Waals surface area (Å²) >= 11 is 3.50. The Morgan fingerprint density at radius 3 is 2.75 bits per heavy atom. The van der Waals surface area contributed by atoms with Crippen molar-refractivity contribution in [1.82, 2.24) is 9.55 Å². The highest BCUT2D eigenvalue weighted by molar-refractivity contribution is 9.10. The lowest BCUT2D eigenvalue weighted by atomic mass is 10.2. The molecule has 3 rings (SSSR count). The number of methoxy groups -OCH3 is 1. The van der Waals surface area contributed by atoms with Gasteiger partial charge in [-0.1, -0.05) is 12.1 Å². The molecule has 1 heterocycles. The molecule has 0 aliphatic heterocycles. The van der Waals surface area contributed by atoms with Gasteiger partial charge in [0.15, 0.2) is 0 Å². The Hall–Kier alpha value is -2.01. The zero-order valence-electron chi connectivity index (χ0n) is 11.2. The van der Waals surface area contributed by atoms with Crippen LogP contribution in [0.2, 0.25) is 0 Å². The maximum absolute atomic E-state index is 6.08. The van der Waals surface area contributed by atoms with Crippen molar-refractivity contribution >= 4 is 32.9 Å². The molecule has 3 aromatic rings. The molecule has 5 heteroatoms. The molecule has 2 N–H and O–H groups in total. The van der Waals surface area contributed by atoms with E-state index >= 15 is 0 Å². The van der Waals surface area contributed by atoms with Gasteiger partial charge < -0.3 is 10.5 Å². The van der Waals surface area contributed by atoms with E-state index in [4.69, 9.17) is 10.5 Å². The summed E-state index contributed by atoms with van der Waals surface area (Å²) in [7, 11) is 1.64. The molecule has 102 valence electrons. The van der Waals surface area contributed by atoms with Gasteiger partial charge in [0.05, 0.1) is 28.3 Å². The summed E-state index contributed by atoms with van der Waals surface area (Å²) in [5.74, 6) is 1.26. The van der Waals surface area contributed by atoms with Crippen LogP contribution < -0.4 is 10.5 Å². The fourth-order valence-electron chi connectivity index (χ4n) is 2.32. The number of hydrogen-bond acceptors (Lipinski definition) is 3. The predicted octanol–water partition coefficient (Wildman–Crippen LogP) is 3.69. The number of benzene rings is 2. The lowest BCUT2D eigenvalue weighted by Crippen LogP contribution is -2.00. The van der Waals surface area contributed by atoms with Gasteiger partial charge in [0.2, 0.25) is 5.95 Å². The first-order valence-electron chi connectivity index (χ1n) is 6.19. The van der Waals surface area contributed by atoms with E-state index in [2.05, 4.69) is 20.9 Å². The van der Waals surface area contributed by atoms with Crippen LogP contribution in [0.1, 0.15) is 5.56 Å². The van der Waals surface area contributed by atoms with Crippen molar-refractivity contribution in [2.75, 3.05) is 12.8 Å². The van der Waals surface area contributed by atoms with Gasteiger partial charge in [0.1, 0.15) is 5.75 Å². The number of hydrogen-bond donors (Lipinski definition) is 1. The van der Waals surface area contributed by atoms with Crippen LogP contribution >= 0.6 is 15.9 Å². The van der Waals surface area contributed by atoms with E-state index in [0.29, 0.717) is 5.95 Å². The second kappa shape index (κ2) is 4.83. The van der Waals surface area contributed by atoms with E-state index in [-0.39, 0.29) is 0 Å². The summed E-state index contributed by atoms with van der Waals surface area (Å²) in [6.07, 6.45) is 0. The fraction of sp³-hybridized carbons (Fsp3) is 0.133. The molecule has 0 atom stereocenters. The van der Waals surface area contributed by atoms with Gasteiger partial charge in [-0.25, -0.2) is 4.98 Å². The quantitative estimate of drug-likeness (QED) is 0.779. The van der Waals surface area contributed by atoms with Crippen molar-refractivity contribution in [2.45, 2.75) is 6.92 Å². The molecule has 0 radical (unpaired) electrons. The largest absolute Gasteiger partial charge is 0.496 e. The summed E-state index contributed by atoms with van der Waals surface area (Å²) in [6, 6.07) is 11.9. The van der Waals surface area contributed by atoms with E-state index in [1.165, 1.54) is 0 Å². The van der Waals surface area contributed by atoms with Crippen molar-refractivity contribution in [3.05, 3.63) is 46.4 Å². The number of nitrogens with two attached hydrogens (primary N) is 1. The minimum Gasteiger partial charge on any atom is -0.496 e. The van der Waals surface area contributed by atoms with Crippen LogP contribution in [-0.2, 0) is 0 Å². The number of rotatable bonds is 2. The normalized spacial score (nSPS) is 10.9. The number of nitrogens with zero attached hydrogens (tertiary/aromatic N) is 2. The third-order valence-electron chi connectivity index (χ3n) is 3.31. The molecule has 0 spiro atoms. The molecule has 2 aromatic carbocycles. The number of imidazole rings is 1. The van der Waals surface area contributed by atoms with E-state index in [0.717, 1.165) is 32.5 Å². The lowest BCUT2D eigenvalue weighted by Gasteiger charge is -2.09. The fourth-order valence-corrected chi connectivity index (χ4v) is 2.85. The number of anilines is 1. The van der Waals surface area contributed by atoms with E-state index in [1.54, 1.807) is 7.11 Å². The van der Waals surface area contributed by atoms with Crippen molar-refractivity contribution in [3.63, 3.8) is 0 Å². The predicted molar refractivity (Wildman–Crippen MR) is 84.5 cm³/mol. The molecule has 0 amide bonds. The van der Waals surface area contributed by atoms with Crippen molar-refractivity contribution in [3.8, 4) is 11.4 Å². The van der Waals surface area contributed by atoms with Crippen molar-refractivity contribution in [1.29, 1.82) is 0 Å². The van der Waals surface area contributed by atoms with Gasteiger partial charge in [-0.3, -0.25) is 4.57 Å². The lowest BCUT2D eigenvalue weighted by molar-refractivity contribution is 0.412. The minimum absolute atomic E-state index is 0.478. The van der Waals surface area contributed by atoms with Crippen molar-refractivity contribution in [2.24, 2.45) is 0 Å². The summed E-state index contributed by atoms with van der Waals surface area (Å²) in [6.45, 7) is 2.03. The van der Waals surface area contributed by atoms with Crippen LogP contribution in [0.5, 0.6) is 5.75 Å². The molecular formula is C15H14BrN3O. The first kappa shape index (κ1) is 13.0. The molecular weight excluding hydrogens is 318 g/mol. The summed E-state index contributed by atoms with van der Waals surface area (Å²) < 4.78 is 8.07. The van der Waals surface area contributed by atoms with Gasteiger partial charge in [-0.05, 0) is 52.7 Å². The Morgan fingerprint density at radius 2 is 2.05 bits per heavy atom. The van der Waals surface area contributed by atoms with Crippen LogP contribution in [0.15, 0.2) is 40.9 Å². The first-order chi connectivity index (χ1) is 9.61. The second-order valence-corrected chi connectivity index (χ2v) is 5.42. The average molecular weight is 332 g/mol. The van der Waals surface area contributed by atoms with Crippen LogP contribution in [-0.4, -0.2) is 16.7 Å².